The topological polar surface area (TPSA) is 75.2 Å². The van der Waals surface area contributed by atoms with Crippen LogP contribution in [0.3, 0.4) is 0 Å². The predicted octanol–water partition coefficient (Wildman–Crippen LogP) is 1.27. The number of halogens is 3. The summed E-state index contributed by atoms with van der Waals surface area (Å²) in [6, 6.07) is 1.42. The number of nitrogens with one attached hydrogen (secondary N) is 1. The van der Waals surface area contributed by atoms with Crippen molar-refractivity contribution >= 4 is 16.0 Å². The molecular formula is C11H17F3N4O2S. The van der Waals surface area contributed by atoms with Crippen molar-refractivity contribution in [2.24, 2.45) is 0 Å². The Morgan fingerprint density at radius 2 is 2.05 bits per heavy atom. The highest BCUT2D eigenvalue weighted by atomic mass is 32.2. The molecule has 0 atom stereocenters. The minimum Gasteiger partial charge on any atom is -0.353 e. The first-order valence-corrected chi connectivity index (χ1v) is 7.96. The van der Waals surface area contributed by atoms with Crippen LogP contribution in [0.2, 0.25) is 0 Å². The van der Waals surface area contributed by atoms with E-state index in [-0.39, 0.29) is 31.2 Å². The first-order chi connectivity index (χ1) is 9.58. The van der Waals surface area contributed by atoms with Crippen molar-refractivity contribution in [2.75, 3.05) is 31.7 Å². The zero-order chi connectivity index (χ0) is 16.1. The molecule has 0 spiro atoms. The zero-order valence-electron chi connectivity index (χ0n) is 11.7. The lowest BCUT2D eigenvalue weighted by atomic mass is 10.2. The van der Waals surface area contributed by atoms with Gasteiger partial charge in [0.25, 0.3) is 0 Å². The molecule has 0 aromatic carbocycles. The number of rotatable bonds is 7. The molecule has 1 N–H and O–H groups in total. The highest BCUT2D eigenvalue weighted by molar-refractivity contribution is 7.88. The predicted molar refractivity (Wildman–Crippen MR) is 72.4 cm³/mol. The second-order valence-corrected chi connectivity index (χ2v) is 6.59. The first-order valence-electron chi connectivity index (χ1n) is 6.12. The Bertz CT molecular complexity index is 563. The van der Waals surface area contributed by atoms with E-state index in [0.29, 0.717) is 0 Å². The second kappa shape index (κ2) is 7.03. The van der Waals surface area contributed by atoms with Gasteiger partial charge in [-0.3, -0.25) is 0 Å². The van der Waals surface area contributed by atoms with E-state index in [0.717, 1.165) is 10.6 Å². The standard InChI is InChI=1S/C11H17F3N4O2S/c1-18(21(2,19)20)8-7-16-10-15-6-4-9(17-10)3-5-11(12,13)14/h4,6H,3,5,7-8H2,1-2H3,(H,15,16,17). The summed E-state index contributed by atoms with van der Waals surface area (Å²) in [5.74, 6) is 0.177. The molecule has 0 unspecified atom stereocenters. The highest BCUT2D eigenvalue weighted by Crippen LogP contribution is 2.21. The van der Waals surface area contributed by atoms with Crippen LogP contribution in [0.15, 0.2) is 12.3 Å². The van der Waals surface area contributed by atoms with Crippen molar-refractivity contribution in [1.29, 1.82) is 0 Å². The quantitative estimate of drug-likeness (QED) is 0.817. The summed E-state index contributed by atoms with van der Waals surface area (Å²) in [5.41, 5.74) is 0.279. The number of nitrogens with zero attached hydrogens (tertiary/aromatic N) is 3. The molecule has 1 aromatic rings. The third-order valence-corrected chi connectivity index (χ3v) is 3.97. The van der Waals surface area contributed by atoms with Gasteiger partial charge in [-0.15, -0.1) is 0 Å². The van der Waals surface area contributed by atoms with E-state index < -0.39 is 22.6 Å². The second-order valence-electron chi connectivity index (χ2n) is 4.50. The molecule has 1 aromatic heterocycles. The summed E-state index contributed by atoms with van der Waals surface area (Å²) in [5, 5.41) is 2.78. The monoisotopic (exact) mass is 326 g/mol. The average Bonchev–Trinajstić information content (AvgIpc) is 2.35. The van der Waals surface area contributed by atoms with E-state index in [1.165, 1.54) is 19.3 Å². The number of likely N-dealkylation sites (N-methyl/N-ethyl adjacent to an activating group) is 1. The van der Waals surface area contributed by atoms with Crippen LogP contribution in [0.1, 0.15) is 12.1 Å². The minimum absolute atomic E-state index is 0.177. The molecule has 0 bridgehead atoms. The molecule has 1 rings (SSSR count). The molecule has 0 amide bonds. The minimum atomic E-state index is -4.23. The molecule has 0 aliphatic carbocycles. The van der Waals surface area contributed by atoms with Gasteiger partial charge < -0.3 is 5.32 Å². The van der Waals surface area contributed by atoms with Crippen molar-refractivity contribution < 1.29 is 21.6 Å². The Kier molecular flexibility index (Phi) is 5.90. The first kappa shape index (κ1) is 17.6. The molecular weight excluding hydrogens is 309 g/mol. The van der Waals surface area contributed by atoms with Crippen LogP contribution >= 0.6 is 0 Å². The molecule has 0 radical (unpaired) electrons. The smallest absolute Gasteiger partial charge is 0.353 e. The van der Waals surface area contributed by atoms with Crippen LogP contribution in [-0.4, -0.2) is 55.3 Å². The maximum absolute atomic E-state index is 12.1. The van der Waals surface area contributed by atoms with Gasteiger partial charge in [0.15, 0.2) is 0 Å². The summed E-state index contributed by atoms with van der Waals surface area (Å²) >= 11 is 0. The third kappa shape index (κ3) is 7.23. The summed E-state index contributed by atoms with van der Waals surface area (Å²) in [7, 11) is -1.83. The van der Waals surface area contributed by atoms with Crippen LogP contribution in [0, 0.1) is 0 Å². The SMILES string of the molecule is CN(CCNc1nccc(CCC(F)(F)F)n1)S(C)(=O)=O. The highest BCUT2D eigenvalue weighted by Gasteiger charge is 2.26. The van der Waals surface area contributed by atoms with Gasteiger partial charge in [-0.05, 0) is 12.5 Å². The normalized spacial score (nSPS) is 12.7. The van der Waals surface area contributed by atoms with Crippen LogP contribution in [0.5, 0.6) is 0 Å². The van der Waals surface area contributed by atoms with Gasteiger partial charge >= 0.3 is 6.18 Å². The molecule has 0 fully saturated rings. The summed E-state index contributed by atoms with van der Waals surface area (Å²) in [6.45, 7) is 0.460. The largest absolute Gasteiger partial charge is 0.389 e. The number of sulfonamides is 1. The van der Waals surface area contributed by atoms with Crippen molar-refractivity contribution in [3.05, 3.63) is 18.0 Å². The lowest BCUT2D eigenvalue weighted by Gasteiger charge is -2.14. The van der Waals surface area contributed by atoms with Gasteiger partial charge in [0.05, 0.1) is 6.26 Å². The Morgan fingerprint density at radius 1 is 1.38 bits per heavy atom. The third-order valence-electron chi connectivity index (χ3n) is 2.65. The van der Waals surface area contributed by atoms with E-state index in [9.17, 15) is 21.6 Å². The van der Waals surface area contributed by atoms with Gasteiger partial charge in [0, 0.05) is 38.4 Å². The van der Waals surface area contributed by atoms with Crippen LogP contribution < -0.4 is 5.32 Å². The molecule has 1 heterocycles. The van der Waals surface area contributed by atoms with Crippen molar-refractivity contribution in [1.82, 2.24) is 14.3 Å². The molecule has 0 aliphatic heterocycles. The van der Waals surface area contributed by atoms with Crippen LogP contribution in [0.25, 0.3) is 0 Å². The number of hydrogen-bond acceptors (Lipinski definition) is 5. The van der Waals surface area contributed by atoms with Gasteiger partial charge in [-0.25, -0.2) is 22.7 Å². The van der Waals surface area contributed by atoms with Crippen LogP contribution in [-0.2, 0) is 16.4 Å². The van der Waals surface area contributed by atoms with E-state index in [2.05, 4.69) is 15.3 Å². The lowest BCUT2D eigenvalue weighted by molar-refractivity contribution is -0.134. The van der Waals surface area contributed by atoms with Crippen molar-refractivity contribution in [2.45, 2.75) is 19.0 Å². The van der Waals surface area contributed by atoms with E-state index in [1.54, 1.807) is 0 Å². The maximum Gasteiger partial charge on any atom is 0.389 e. The molecule has 120 valence electrons. The van der Waals surface area contributed by atoms with Crippen LogP contribution in [0.4, 0.5) is 19.1 Å². The Balaban J connectivity index is 2.50. The van der Waals surface area contributed by atoms with E-state index in [1.807, 2.05) is 0 Å². The fourth-order valence-corrected chi connectivity index (χ4v) is 1.80. The average molecular weight is 326 g/mol. The van der Waals surface area contributed by atoms with E-state index in [4.69, 9.17) is 0 Å². The molecule has 0 saturated carbocycles. The molecule has 21 heavy (non-hydrogen) atoms. The summed E-state index contributed by atoms with van der Waals surface area (Å²) in [4.78, 5) is 7.82. The zero-order valence-corrected chi connectivity index (χ0v) is 12.5. The maximum atomic E-state index is 12.1. The number of anilines is 1. The number of aromatic nitrogens is 2. The fraction of sp³-hybridized carbons (Fsp3) is 0.636. The number of aryl methyl sites for hydroxylation is 1. The Hall–Kier alpha value is -1.42. The molecule has 6 nitrogen and oxygen atoms in total. The summed E-state index contributed by atoms with van der Waals surface area (Å²) < 4.78 is 59.9. The Morgan fingerprint density at radius 3 is 2.62 bits per heavy atom. The number of alkyl halides is 3. The van der Waals surface area contributed by atoms with Crippen molar-refractivity contribution in [3.63, 3.8) is 0 Å². The molecule has 0 aliphatic rings. The molecule has 0 saturated heterocycles. The van der Waals surface area contributed by atoms with E-state index >= 15 is 0 Å². The lowest BCUT2D eigenvalue weighted by Crippen LogP contribution is -2.30. The van der Waals surface area contributed by atoms with Crippen molar-refractivity contribution in [3.8, 4) is 0 Å². The Labute approximate surface area is 121 Å². The number of hydrogen-bond donors (Lipinski definition) is 1. The fourth-order valence-electron chi connectivity index (χ4n) is 1.38. The molecule has 10 heteroatoms. The van der Waals surface area contributed by atoms with Gasteiger partial charge in [-0.2, -0.15) is 13.2 Å². The van der Waals surface area contributed by atoms with Gasteiger partial charge in [-0.1, -0.05) is 0 Å². The van der Waals surface area contributed by atoms with Gasteiger partial charge in [0.1, 0.15) is 0 Å². The van der Waals surface area contributed by atoms with Gasteiger partial charge in [0.2, 0.25) is 16.0 Å². The summed E-state index contributed by atoms with van der Waals surface area (Å²) in [6.07, 6.45) is -2.94.